The van der Waals surface area contributed by atoms with Gasteiger partial charge in [-0.25, -0.2) is 4.39 Å². The zero-order valence-electron chi connectivity index (χ0n) is 20.7. The fraction of sp³-hybridized carbons (Fsp3) is 0.742. The number of halogens is 1. The zero-order chi connectivity index (χ0) is 22.3. The zero-order valence-corrected chi connectivity index (χ0v) is 20.7. The van der Waals surface area contributed by atoms with Crippen molar-refractivity contribution in [2.75, 3.05) is 0 Å². The summed E-state index contributed by atoms with van der Waals surface area (Å²) in [6.07, 6.45) is 23.9. The summed E-state index contributed by atoms with van der Waals surface area (Å²) in [4.78, 5) is 0. The fourth-order valence-corrected chi connectivity index (χ4v) is 7.39. The van der Waals surface area contributed by atoms with Gasteiger partial charge in [0.25, 0.3) is 0 Å². The molecule has 1 heteroatoms. The molecule has 4 rings (SSSR count). The van der Waals surface area contributed by atoms with E-state index in [2.05, 4.69) is 31.7 Å². The van der Waals surface area contributed by atoms with E-state index in [-0.39, 0.29) is 5.82 Å². The fourth-order valence-electron chi connectivity index (χ4n) is 7.39. The third kappa shape index (κ3) is 5.87. The maximum atomic E-state index is 15.7. The molecule has 2 fully saturated rings. The number of hydrogen-bond donors (Lipinski definition) is 0. The Kier molecular flexibility index (Phi) is 8.90. The Hall–Kier alpha value is -1.11. The Labute approximate surface area is 197 Å². The predicted octanol–water partition coefficient (Wildman–Crippen LogP) is 9.56. The highest BCUT2D eigenvalue weighted by atomic mass is 19.1. The van der Waals surface area contributed by atoms with Gasteiger partial charge in [0.2, 0.25) is 0 Å². The van der Waals surface area contributed by atoms with E-state index in [0.717, 1.165) is 47.6 Å². The second-order valence-corrected chi connectivity index (χ2v) is 11.5. The normalized spacial score (nSPS) is 29.9. The van der Waals surface area contributed by atoms with Crippen LogP contribution in [0.4, 0.5) is 4.39 Å². The van der Waals surface area contributed by atoms with Gasteiger partial charge < -0.3 is 0 Å². The molecule has 5 unspecified atom stereocenters. The van der Waals surface area contributed by atoms with Crippen LogP contribution in [0.15, 0.2) is 24.8 Å². The van der Waals surface area contributed by atoms with E-state index in [4.69, 9.17) is 0 Å². The van der Waals surface area contributed by atoms with Crippen LogP contribution in [0, 0.1) is 29.5 Å². The van der Waals surface area contributed by atoms with Crippen molar-refractivity contribution in [2.45, 2.75) is 122 Å². The van der Waals surface area contributed by atoms with Crippen molar-refractivity contribution in [1.82, 2.24) is 0 Å². The van der Waals surface area contributed by atoms with Crippen LogP contribution in [0.3, 0.4) is 0 Å². The van der Waals surface area contributed by atoms with Gasteiger partial charge in [0.15, 0.2) is 0 Å². The maximum absolute atomic E-state index is 15.7. The lowest BCUT2D eigenvalue weighted by atomic mass is 9.63. The van der Waals surface area contributed by atoms with Gasteiger partial charge >= 0.3 is 0 Å². The quantitative estimate of drug-likeness (QED) is 0.252. The Morgan fingerprint density at radius 1 is 0.906 bits per heavy atom. The van der Waals surface area contributed by atoms with Crippen molar-refractivity contribution in [3.05, 3.63) is 47.3 Å². The molecule has 0 N–H and O–H groups in total. The van der Waals surface area contributed by atoms with Crippen LogP contribution in [0.1, 0.15) is 126 Å². The smallest absolute Gasteiger partial charge is 0.130 e. The summed E-state index contributed by atoms with van der Waals surface area (Å²) in [6.45, 7) is 6.18. The number of allylic oxidation sites excluding steroid dienone is 1. The van der Waals surface area contributed by atoms with Crippen molar-refractivity contribution in [3.8, 4) is 0 Å². The summed E-state index contributed by atoms with van der Waals surface area (Å²) in [6, 6.07) is 4.51. The third-order valence-electron chi connectivity index (χ3n) is 9.34. The molecule has 0 spiro atoms. The number of hydrogen-bond acceptors (Lipinski definition) is 0. The van der Waals surface area contributed by atoms with E-state index in [1.807, 2.05) is 0 Å². The highest BCUT2D eigenvalue weighted by Crippen LogP contribution is 2.49. The molecule has 5 atom stereocenters. The first kappa shape index (κ1) is 24.0. The van der Waals surface area contributed by atoms with Crippen LogP contribution in [0.2, 0.25) is 0 Å². The van der Waals surface area contributed by atoms with E-state index in [9.17, 15) is 0 Å². The largest absolute Gasteiger partial charge is 0.206 e. The topological polar surface area (TPSA) is 0 Å². The highest BCUT2D eigenvalue weighted by Gasteiger charge is 2.37. The van der Waals surface area contributed by atoms with Gasteiger partial charge in [-0.3, -0.25) is 0 Å². The lowest BCUT2D eigenvalue weighted by Gasteiger charge is -2.42. The molecule has 1 aromatic carbocycles. The van der Waals surface area contributed by atoms with Gasteiger partial charge in [-0.05, 0) is 110 Å². The molecule has 32 heavy (non-hydrogen) atoms. The Bertz CT molecular complexity index is 734. The van der Waals surface area contributed by atoms with Gasteiger partial charge in [-0.1, -0.05) is 70.1 Å². The summed E-state index contributed by atoms with van der Waals surface area (Å²) in [7, 11) is 0. The van der Waals surface area contributed by atoms with Crippen LogP contribution < -0.4 is 0 Å². The second kappa shape index (κ2) is 11.8. The van der Waals surface area contributed by atoms with Gasteiger partial charge in [-0.15, -0.1) is 6.58 Å². The molecule has 3 aliphatic rings. The molecule has 0 saturated heterocycles. The minimum absolute atomic E-state index is 0.187. The van der Waals surface area contributed by atoms with Gasteiger partial charge in [-0.2, -0.15) is 0 Å². The van der Waals surface area contributed by atoms with E-state index < -0.39 is 0 Å². The minimum Gasteiger partial charge on any atom is -0.206 e. The van der Waals surface area contributed by atoms with Crippen LogP contribution in [0.5, 0.6) is 0 Å². The lowest BCUT2D eigenvalue weighted by Crippen LogP contribution is -2.31. The first-order valence-electron chi connectivity index (χ1n) is 14.1. The molecular formula is C31H47F. The minimum atomic E-state index is 0.187. The van der Waals surface area contributed by atoms with Crippen LogP contribution in [-0.4, -0.2) is 0 Å². The standard InChI is InChI=1S/C31H47F/c1-3-5-7-8-9-11-24-13-18-29-27(21-24)17-19-30(31(29)32)28-16-15-25-20-23(10-6-4-2)12-14-26(25)22-28/h4,17,19,23-26,28H,2-3,5-16,18,20-22H2,1H3. The summed E-state index contributed by atoms with van der Waals surface area (Å²) in [5.41, 5.74) is 3.47. The Morgan fingerprint density at radius 2 is 1.72 bits per heavy atom. The first-order chi connectivity index (χ1) is 15.7. The maximum Gasteiger partial charge on any atom is 0.130 e. The van der Waals surface area contributed by atoms with Crippen molar-refractivity contribution < 1.29 is 4.39 Å². The molecule has 0 aliphatic heterocycles. The highest BCUT2D eigenvalue weighted by molar-refractivity contribution is 5.38. The van der Waals surface area contributed by atoms with Crippen LogP contribution >= 0.6 is 0 Å². The second-order valence-electron chi connectivity index (χ2n) is 11.5. The van der Waals surface area contributed by atoms with Crippen molar-refractivity contribution >= 4 is 0 Å². The van der Waals surface area contributed by atoms with Gasteiger partial charge in [0.05, 0.1) is 0 Å². The average Bonchev–Trinajstić information content (AvgIpc) is 2.82. The molecule has 1 aromatic rings. The van der Waals surface area contributed by atoms with Crippen LogP contribution in [0.25, 0.3) is 0 Å². The van der Waals surface area contributed by atoms with Crippen molar-refractivity contribution in [1.29, 1.82) is 0 Å². The molecular weight excluding hydrogens is 391 g/mol. The molecule has 0 amide bonds. The third-order valence-corrected chi connectivity index (χ3v) is 9.34. The summed E-state index contributed by atoms with van der Waals surface area (Å²) >= 11 is 0. The molecule has 0 bridgehead atoms. The van der Waals surface area contributed by atoms with Crippen LogP contribution in [-0.2, 0) is 12.8 Å². The average molecular weight is 439 g/mol. The van der Waals surface area contributed by atoms with Gasteiger partial charge in [0, 0.05) is 0 Å². The van der Waals surface area contributed by atoms with Gasteiger partial charge in [0.1, 0.15) is 5.82 Å². The Morgan fingerprint density at radius 3 is 2.56 bits per heavy atom. The van der Waals surface area contributed by atoms with E-state index in [0.29, 0.717) is 5.92 Å². The SMILES string of the molecule is C=CCCC1CCC2CC(c3ccc4c(c3F)CCC(CCCCCCC)C4)CCC2C1. The molecule has 3 aliphatic carbocycles. The van der Waals surface area contributed by atoms with E-state index in [1.54, 1.807) is 0 Å². The summed E-state index contributed by atoms with van der Waals surface area (Å²) < 4.78 is 15.7. The van der Waals surface area contributed by atoms with E-state index >= 15 is 4.39 Å². The molecule has 0 radical (unpaired) electrons. The molecule has 0 heterocycles. The first-order valence-corrected chi connectivity index (χ1v) is 14.1. The Balaban J connectivity index is 1.32. The molecule has 0 aromatic heterocycles. The number of rotatable bonds is 10. The monoisotopic (exact) mass is 438 g/mol. The van der Waals surface area contributed by atoms with Crippen molar-refractivity contribution in [2.24, 2.45) is 23.7 Å². The summed E-state index contributed by atoms with van der Waals surface area (Å²) in [5, 5.41) is 0. The molecule has 2 saturated carbocycles. The summed E-state index contributed by atoms with van der Waals surface area (Å²) in [5.74, 6) is 4.07. The number of unbranched alkanes of at least 4 members (excludes halogenated alkanes) is 4. The van der Waals surface area contributed by atoms with E-state index in [1.165, 1.54) is 102 Å². The predicted molar refractivity (Wildman–Crippen MR) is 136 cm³/mol. The molecule has 0 nitrogen and oxygen atoms in total. The van der Waals surface area contributed by atoms with Crippen molar-refractivity contribution in [3.63, 3.8) is 0 Å². The molecule has 178 valence electrons. The lowest BCUT2D eigenvalue weighted by molar-refractivity contribution is 0.114. The number of fused-ring (bicyclic) bond motifs is 2. The number of benzene rings is 1.